The van der Waals surface area contributed by atoms with E-state index in [9.17, 15) is 0 Å². The van der Waals surface area contributed by atoms with Crippen molar-refractivity contribution in [3.8, 4) is 17.2 Å². The van der Waals surface area contributed by atoms with E-state index in [0.717, 1.165) is 42.8 Å². The molecule has 7 heteroatoms. The predicted octanol–water partition coefficient (Wildman–Crippen LogP) is 1.71. The third-order valence-electron chi connectivity index (χ3n) is 4.41. The fourth-order valence-corrected chi connectivity index (χ4v) is 3.17. The van der Waals surface area contributed by atoms with Crippen LogP contribution in [0.4, 0.5) is 5.82 Å². The molecule has 0 radical (unpaired) electrons. The van der Waals surface area contributed by atoms with Crippen molar-refractivity contribution in [1.29, 1.82) is 5.26 Å². The number of hydrogen-bond acceptors (Lipinski definition) is 6. The lowest BCUT2D eigenvalue weighted by molar-refractivity contribution is 0.455. The minimum Gasteiger partial charge on any atom is -0.384 e. The van der Waals surface area contributed by atoms with Crippen molar-refractivity contribution >= 4 is 11.5 Å². The third-order valence-corrected chi connectivity index (χ3v) is 4.41. The molecule has 0 aromatic carbocycles. The highest BCUT2D eigenvalue weighted by molar-refractivity contribution is 5.78. The van der Waals surface area contributed by atoms with Crippen LogP contribution < -0.4 is 11.1 Å². The van der Waals surface area contributed by atoms with E-state index in [1.54, 1.807) is 23.0 Å². The number of rotatable bonds is 2. The molecule has 24 heavy (non-hydrogen) atoms. The van der Waals surface area contributed by atoms with Crippen LogP contribution >= 0.6 is 0 Å². The van der Waals surface area contributed by atoms with Gasteiger partial charge >= 0.3 is 0 Å². The summed E-state index contributed by atoms with van der Waals surface area (Å²) in [6, 6.07) is 5.81. The Morgan fingerprint density at radius 1 is 1.29 bits per heavy atom. The summed E-state index contributed by atoms with van der Waals surface area (Å²) in [5.41, 5.74) is 10.0. The number of anilines is 1. The van der Waals surface area contributed by atoms with Crippen LogP contribution in [0.15, 0.2) is 30.7 Å². The van der Waals surface area contributed by atoms with E-state index >= 15 is 0 Å². The van der Waals surface area contributed by atoms with Gasteiger partial charge in [0, 0.05) is 42.0 Å². The minimum absolute atomic E-state index is 0.359. The molecule has 4 rings (SSSR count). The SMILES string of the molecule is N#Cc1cncc(-c2cnn3c(N)cc(C4CCCNC4)nc23)c1. The summed E-state index contributed by atoms with van der Waals surface area (Å²) in [5, 5.41) is 16.8. The maximum absolute atomic E-state index is 9.08. The summed E-state index contributed by atoms with van der Waals surface area (Å²) in [4.78, 5) is 8.95. The molecule has 1 fully saturated rings. The van der Waals surface area contributed by atoms with E-state index in [4.69, 9.17) is 16.0 Å². The van der Waals surface area contributed by atoms with Gasteiger partial charge in [0.15, 0.2) is 5.65 Å². The van der Waals surface area contributed by atoms with Gasteiger partial charge in [-0.05, 0) is 25.5 Å². The first-order valence-electron chi connectivity index (χ1n) is 7.96. The third kappa shape index (κ3) is 2.47. The molecule has 4 heterocycles. The zero-order valence-corrected chi connectivity index (χ0v) is 13.1. The number of nitrogens with one attached hydrogen (secondary N) is 1. The van der Waals surface area contributed by atoms with Gasteiger partial charge in [-0.2, -0.15) is 14.9 Å². The molecule has 1 aliphatic heterocycles. The quantitative estimate of drug-likeness (QED) is 0.745. The van der Waals surface area contributed by atoms with Crippen LogP contribution in [0.1, 0.15) is 30.0 Å². The van der Waals surface area contributed by atoms with Gasteiger partial charge in [0.1, 0.15) is 11.9 Å². The van der Waals surface area contributed by atoms with E-state index in [2.05, 4.69) is 21.5 Å². The molecule has 3 N–H and O–H groups in total. The van der Waals surface area contributed by atoms with Crippen molar-refractivity contribution < 1.29 is 0 Å². The first kappa shape index (κ1) is 14.6. The standard InChI is InChI=1S/C17H17N7/c18-6-11-4-13(9-21-7-11)14-10-22-24-16(19)5-15(23-17(14)24)12-2-1-3-20-8-12/h4-5,7,9-10,12,20H,1-3,8,19H2. The maximum atomic E-state index is 9.08. The van der Waals surface area contributed by atoms with Crippen LogP contribution in [0.25, 0.3) is 16.8 Å². The van der Waals surface area contributed by atoms with Crippen molar-refractivity contribution in [2.45, 2.75) is 18.8 Å². The van der Waals surface area contributed by atoms with Gasteiger partial charge in [-0.25, -0.2) is 4.98 Å². The summed E-state index contributed by atoms with van der Waals surface area (Å²) in [5.74, 6) is 0.925. The Balaban J connectivity index is 1.85. The fraction of sp³-hybridized carbons (Fsp3) is 0.294. The largest absolute Gasteiger partial charge is 0.384 e. The summed E-state index contributed by atoms with van der Waals surface area (Å²) in [6.45, 7) is 1.97. The first-order chi connectivity index (χ1) is 11.8. The number of nitriles is 1. The van der Waals surface area contributed by atoms with Crippen LogP contribution in [-0.2, 0) is 0 Å². The van der Waals surface area contributed by atoms with Gasteiger partial charge in [0.2, 0.25) is 0 Å². The Hall–Kier alpha value is -2.98. The van der Waals surface area contributed by atoms with Crippen molar-refractivity contribution in [2.24, 2.45) is 0 Å². The zero-order chi connectivity index (χ0) is 16.5. The number of fused-ring (bicyclic) bond motifs is 1. The molecule has 0 saturated carbocycles. The summed E-state index contributed by atoms with van der Waals surface area (Å²) in [7, 11) is 0. The van der Waals surface area contributed by atoms with E-state index in [0.29, 0.717) is 22.9 Å². The second kappa shape index (κ2) is 5.91. The van der Waals surface area contributed by atoms with Crippen LogP contribution in [0.5, 0.6) is 0 Å². The smallest absolute Gasteiger partial charge is 0.165 e. The second-order valence-electron chi connectivity index (χ2n) is 6.02. The predicted molar refractivity (Wildman–Crippen MR) is 90.2 cm³/mol. The number of hydrogen-bond donors (Lipinski definition) is 2. The summed E-state index contributed by atoms with van der Waals surface area (Å²) >= 11 is 0. The molecular formula is C17H17N7. The van der Waals surface area contributed by atoms with Gasteiger partial charge in [0.05, 0.1) is 17.5 Å². The second-order valence-corrected chi connectivity index (χ2v) is 6.02. The number of pyridine rings is 1. The first-order valence-corrected chi connectivity index (χ1v) is 7.96. The number of aromatic nitrogens is 4. The zero-order valence-electron chi connectivity index (χ0n) is 13.1. The highest BCUT2D eigenvalue weighted by Crippen LogP contribution is 2.28. The lowest BCUT2D eigenvalue weighted by Gasteiger charge is -2.22. The Kier molecular flexibility index (Phi) is 3.59. The number of nitrogens with two attached hydrogens (primary N) is 1. The van der Waals surface area contributed by atoms with Crippen molar-refractivity contribution in [3.63, 3.8) is 0 Å². The van der Waals surface area contributed by atoms with Crippen LogP contribution in [0.2, 0.25) is 0 Å². The molecule has 0 spiro atoms. The molecule has 1 aliphatic rings. The molecule has 1 unspecified atom stereocenters. The van der Waals surface area contributed by atoms with Crippen LogP contribution in [-0.4, -0.2) is 32.7 Å². The number of piperidine rings is 1. The van der Waals surface area contributed by atoms with Gasteiger partial charge in [-0.3, -0.25) is 4.98 Å². The van der Waals surface area contributed by atoms with Crippen molar-refractivity contribution in [1.82, 2.24) is 24.9 Å². The Labute approximate surface area is 139 Å². The molecular weight excluding hydrogens is 302 g/mol. The highest BCUT2D eigenvalue weighted by atomic mass is 15.3. The van der Waals surface area contributed by atoms with E-state index in [1.807, 2.05) is 6.07 Å². The van der Waals surface area contributed by atoms with E-state index < -0.39 is 0 Å². The van der Waals surface area contributed by atoms with E-state index in [1.165, 1.54) is 6.20 Å². The maximum Gasteiger partial charge on any atom is 0.165 e. The Bertz CT molecular complexity index is 932. The molecule has 0 amide bonds. The molecule has 120 valence electrons. The minimum atomic E-state index is 0.359. The molecule has 3 aromatic rings. The molecule has 0 aliphatic carbocycles. The lowest BCUT2D eigenvalue weighted by Crippen LogP contribution is -2.29. The molecule has 0 bridgehead atoms. The Morgan fingerprint density at radius 3 is 3.00 bits per heavy atom. The van der Waals surface area contributed by atoms with Crippen molar-refractivity contribution in [2.75, 3.05) is 18.8 Å². The molecule has 1 saturated heterocycles. The number of nitrogen functional groups attached to an aromatic ring is 1. The fourth-order valence-electron chi connectivity index (χ4n) is 3.17. The number of nitrogens with zero attached hydrogens (tertiary/aromatic N) is 5. The summed E-state index contributed by atoms with van der Waals surface area (Å²) < 4.78 is 1.63. The van der Waals surface area contributed by atoms with Crippen molar-refractivity contribution in [3.05, 3.63) is 42.0 Å². The lowest BCUT2D eigenvalue weighted by atomic mass is 9.96. The van der Waals surface area contributed by atoms with E-state index in [-0.39, 0.29) is 0 Å². The molecule has 7 nitrogen and oxygen atoms in total. The topological polar surface area (TPSA) is 105 Å². The average molecular weight is 319 g/mol. The molecule has 3 aromatic heterocycles. The van der Waals surface area contributed by atoms with Gasteiger partial charge in [-0.15, -0.1) is 0 Å². The van der Waals surface area contributed by atoms with Gasteiger partial charge in [-0.1, -0.05) is 0 Å². The summed E-state index contributed by atoms with van der Waals surface area (Å²) in [6.07, 6.45) is 7.21. The normalized spacial score (nSPS) is 17.7. The highest BCUT2D eigenvalue weighted by Gasteiger charge is 2.20. The average Bonchev–Trinajstić information content (AvgIpc) is 3.07. The Morgan fingerprint density at radius 2 is 2.21 bits per heavy atom. The van der Waals surface area contributed by atoms with Crippen LogP contribution in [0.3, 0.4) is 0 Å². The monoisotopic (exact) mass is 319 g/mol. The van der Waals surface area contributed by atoms with Gasteiger partial charge < -0.3 is 11.1 Å². The van der Waals surface area contributed by atoms with Gasteiger partial charge in [0.25, 0.3) is 0 Å². The van der Waals surface area contributed by atoms with Crippen LogP contribution in [0, 0.1) is 11.3 Å². The molecule has 1 atom stereocenters.